The van der Waals surface area contributed by atoms with Gasteiger partial charge in [0.15, 0.2) is 17.1 Å². The van der Waals surface area contributed by atoms with Crippen LogP contribution < -0.4 is 14.9 Å². The van der Waals surface area contributed by atoms with Crippen LogP contribution in [0.25, 0.3) is 21.9 Å². The summed E-state index contributed by atoms with van der Waals surface area (Å²) in [5, 5.41) is 6.16. The highest BCUT2D eigenvalue weighted by Crippen LogP contribution is 2.37. The number of hydrogen-bond acceptors (Lipinski definition) is 8. The van der Waals surface area contributed by atoms with Crippen LogP contribution in [0.4, 0.5) is 0 Å². The molecule has 0 spiro atoms. The van der Waals surface area contributed by atoms with Gasteiger partial charge in [-0.3, -0.25) is 4.79 Å². The number of carbonyl (C=O) groups excluding carboxylic acids is 2. The summed E-state index contributed by atoms with van der Waals surface area (Å²) >= 11 is 4.62. The van der Waals surface area contributed by atoms with Gasteiger partial charge < -0.3 is 13.9 Å². The standard InChI is InChI=1S/C28H20BrN3O5S/c1-35-24-14-17(15-30-32-25(33)16-38-28-31-22-11-4-5-12-23(22)36-28)13-21(29)26(24)37-27(34)20-10-6-8-18-7-2-3-9-19(18)20/h2-15H,16H2,1H3,(H,32,33)/b30-15-. The Morgan fingerprint density at radius 2 is 1.87 bits per heavy atom. The molecule has 0 atom stereocenters. The molecule has 0 aliphatic heterocycles. The number of nitrogens with zero attached hydrogens (tertiary/aromatic N) is 2. The Bertz CT molecular complexity index is 1650. The number of fused-ring (bicyclic) bond motifs is 2. The molecule has 0 saturated carbocycles. The molecule has 0 bridgehead atoms. The van der Waals surface area contributed by atoms with Gasteiger partial charge in [-0.2, -0.15) is 5.10 Å². The van der Waals surface area contributed by atoms with Gasteiger partial charge in [0.05, 0.1) is 29.1 Å². The van der Waals surface area contributed by atoms with E-state index in [-0.39, 0.29) is 17.4 Å². The van der Waals surface area contributed by atoms with Crippen molar-refractivity contribution in [2.45, 2.75) is 5.22 Å². The highest BCUT2D eigenvalue weighted by Gasteiger charge is 2.18. The van der Waals surface area contributed by atoms with Crippen molar-refractivity contribution in [3.63, 3.8) is 0 Å². The second-order valence-electron chi connectivity index (χ2n) is 7.98. The van der Waals surface area contributed by atoms with Gasteiger partial charge in [-0.05, 0) is 62.6 Å². The predicted molar refractivity (Wildman–Crippen MR) is 150 cm³/mol. The predicted octanol–water partition coefficient (Wildman–Crippen LogP) is 6.21. The number of carbonyl (C=O) groups is 2. The normalized spacial score (nSPS) is 11.2. The summed E-state index contributed by atoms with van der Waals surface area (Å²) in [7, 11) is 1.48. The third-order valence-corrected chi connectivity index (χ3v) is 6.88. The topological polar surface area (TPSA) is 103 Å². The van der Waals surface area contributed by atoms with Crippen LogP contribution in [0, 0.1) is 0 Å². The number of para-hydroxylation sites is 2. The molecule has 8 nitrogen and oxygen atoms in total. The van der Waals surface area contributed by atoms with Crippen molar-refractivity contribution >= 4 is 67.7 Å². The summed E-state index contributed by atoms with van der Waals surface area (Å²) in [4.78, 5) is 29.5. The monoisotopic (exact) mass is 589 g/mol. The van der Waals surface area contributed by atoms with Crippen LogP contribution in [0.15, 0.2) is 98.1 Å². The number of ether oxygens (including phenoxy) is 2. The molecule has 10 heteroatoms. The van der Waals surface area contributed by atoms with E-state index < -0.39 is 5.97 Å². The Labute approximate surface area is 230 Å². The van der Waals surface area contributed by atoms with Crippen molar-refractivity contribution in [2.75, 3.05) is 12.9 Å². The van der Waals surface area contributed by atoms with Crippen LogP contribution in [0.3, 0.4) is 0 Å². The first kappa shape index (κ1) is 25.5. The molecular weight excluding hydrogens is 570 g/mol. The van der Waals surface area contributed by atoms with Crippen molar-refractivity contribution < 1.29 is 23.5 Å². The van der Waals surface area contributed by atoms with E-state index in [2.05, 4.69) is 31.4 Å². The zero-order valence-electron chi connectivity index (χ0n) is 20.0. The smallest absolute Gasteiger partial charge is 0.344 e. The lowest BCUT2D eigenvalue weighted by Gasteiger charge is -2.13. The number of hydrazone groups is 1. The molecule has 4 aromatic carbocycles. The summed E-state index contributed by atoms with van der Waals surface area (Å²) in [5.41, 5.74) is 4.94. The van der Waals surface area contributed by atoms with E-state index in [0.29, 0.717) is 32.2 Å². The van der Waals surface area contributed by atoms with Gasteiger partial charge >= 0.3 is 5.97 Å². The number of benzene rings is 4. The number of nitrogens with one attached hydrogen (secondary N) is 1. The average Bonchev–Trinajstić information content (AvgIpc) is 3.36. The molecule has 5 rings (SSSR count). The second-order valence-corrected chi connectivity index (χ2v) is 9.76. The Morgan fingerprint density at radius 1 is 1.08 bits per heavy atom. The summed E-state index contributed by atoms with van der Waals surface area (Å²) in [6.07, 6.45) is 1.46. The number of methoxy groups -OCH3 is 1. The number of esters is 1. The zero-order chi connectivity index (χ0) is 26.5. The fourth-order valence-electron chi connectivity index (χ4n) is 3.72. The van der Waals surface area contributed by atoms with Crippen LogP contribution in [0.1, 0.15) is 15.9 Å². The molecule has 0 fully saturated rings. The van der Waals surface area contributed by atoms with Crippen molar-refractivity contribution in [3.05, 3.63) is 94.5 Å². The molecule has 1 N–H and O–H groups in total. The van der Waals surface area contributed by atoms with Crippen LogP contribution in [0.5, 0.6) is 11.5 Å². The molecule has 0 radical (unpaired) electrons. The number of oxazole rings is 1. The molecule has 0 saturated heterocycles. The van der Waals surface area contributed by atoms with E-state index in [1.54, 1.807) is 18.2 Å². The van der Waals surface area contributed by atoms with Gasteiger partial charge in [-0.15, -0.1) is 0 Å². The molecule has 1 aromatic heterocycles. The number of aromatic nitrogens is 1. The molecule has 1 heterocycles. The third-order valence-electron chi connectivity index (χ3n) is 5.46. The minimum atomic E-state index is -0.508. The van der Waals surface area contributed by atoms with Gasteiger partial charge in [0, 0.05) is 0 Å². The third kappa shape index (κ3) is 5.71. The van der Waals surface area contributed by atoms with Gasteiger partial charge in [0.25, 0.3) is 11.1 Å². The fourth-order valence-corrected chi connectivity index (χ4v) is 4.89. The Morgan fingerprint density at radius 3 is 2.71 bits per heavy atom. The lowest BCUT2D eigenvalue weighted by Crippen LogP contribution is -2.19. The Hall–Kier alpha value is -4.15. The van der Waals surface area contributed by atoms with Crippen LogP contribution >= 0.6 is 27.7 Å². The maximum Gasteiger partial charge on any atom is 0.344 e. The van der Waals surface area contributed by atoms with Crippen molar-refractivity contribution in [1.82, 2.24) is 10.4 Å². The van der Waals surface area contributed by atoms with Crippen molar-refractivity contribution in [3.8, 4) is 11.5 Å². The van der Waals surface area contributed by atoms with Crippen molar-refractivity contribution in [1.29, 1.82) is 0 Å². The van der Waals surface area contributed by atoms with Gasteiger partial charge in [-0.25, -0.2) is 15.2 Å². The number of thioether (sulfide) groups is 1. The molecule has 0 unspecified atom stereocenters. The van der Waals surface area contributed by atoms with E-state index in [4.69, 9.17) is 13.9 Å². The SMILES string of the molecule is COc1cc(/C=N\NC(=O)CSc2nc3ccccc3o2)cc(Br)c1OC(=O)c1cccc2ccccc12. The van der Waals surface area contributed by atoms with E-state index >= 15 is 0 Å². The Balaban J connectivity index is 1.23. The maximum atomic E-state index is 13.0. The molecule has 1 amide bonds. The van der Waals surface area contributed by atoms with E-state index in [1.165, 1.54) is 25.1 Å². The number of halogens is 1. The summed E-state index contributed by atoms with van der Waals surface area (Å²) in [6.45, 7) is 0. The maximum absolute atomic E-state index is 13.0. The quantitative estimate of drug-likeness (QED) is 0.0753. The minimum Gasteiger partial charge on any atom is -0.493 e. The lowest BCUT2D eigenvalue weighted by molar-refractivity contribution is -0.118. The average molecular weight is 590 g/mol. The van der Waals surface area contributed by atoms with Gasteiger partial charge in [-0.1, -0.05) is 60.3 Å². The Kier molecular flexibility index (Phi) is 7.71. The second kappa shape index (κ2) is 11.5. The van der Waals surface area contributed by atoms with Crippen LogP contribution in [0.2, 0.25) is 0 Å². The van der Waals surface area contributed by atoms with E-state index in [0.717, 1.165) is 16.3 Å². The minimum absolute atomic E-state index is 0.0836. The number of hydrogen-bond donors (Lipinski definition) is 1. The zero-order valence-corrected chi connectivity index (χ0v) is 22.4. The number of amides is 1. The molecular formula is C28H20BrN3O5S. The first-order valence-corrected chi connectivity index (χ1v) is 13.2. The van der Waals surface area contributed by atoms with Crippen LogP contribution in [-0.2, 0) is 4.79 Å². The van der Waals surface area contributed by atoms with Gasteiger partial charge in [0.2, 0.25) is 0 Å². The molecule has 38 heavy (non-hydrogen) atoms. The summed E-state index contributed by atoms with van der Waals surface area (Å²) in [5.74, 6) is -0.181. The van der Waals surface area contributed by atoms with E-state index in [1.807, 2.05) is 60.7 Å². The first-order valence-electron chi connectivity index (χ1n) is 11.4. The lowest BCUT2D eigenvalue weighted by atomic mass is 10.0. The summed E-state index contributed by atoms with van der Waals surface area (Å²) in [6, 6.07) is 23.8. The fraction of sp³-hybridized carbons (Fsp3) is 0.0714. The highest BCUT2D eigenvalue weighted by atomic mass is 79.9. The summed E-state index contributed by atoms with van der Waals surface area (Å²) < 4.78 is 17.3. The number of rotatable bonds is 8. The van der Waals surface area contributed by atoms with Crippen molar-refractivity contribution in [2.24, 2.45) is 5.10 Å². The largest absolute Gasteiger partial charge is 0.493 e. The molecule has 0 aliphatic carbocycles. The van der Waals surface area contributed by atoms with Crippen LogP contribution in [-0.4, -0.2) is 35.9 Å². The molecule has 190 valence electrons. The first-order chi connectivity index (χ1) is 18.5. The van der Waals surface area contributed by atoms with Gasteiger partial charge in [0.1, 0.15) is 5.52 Å². The highest BCUT2D eigenvalue weighted by molar-refractivity contribution is 9.10. The molecule has 5 aromatic rings. The van der Waals surface area contributed by atoms with E-state index in [9.17, 15) is 9.59 Å². The molecule has 0 aliphatic rings.